The fourth-order valence-electron chi connectivity index (χ4n) is 3.85. The number of aromatic nitrogens is 2. The molecule has 1 heterocycles. The Morgan fingerprint density at radius 3 is 0.659 bits per heavy atom. The molecule has 1 aromatic heterocycles. The van der Waals surface area contributed by atoms with Gasteiger partial charge >= 0.3 is 6.28 Å². The molecule has 0 spiro atoms. The summed E-state index contributed by atoms with van der Waals surface area (Å²) >= 11 is 9.53. The average Bonchev–Trinajstić information content (AvgIpc) is 3.00. The summed E-state index contributed by atoms with van der Waals surface area (Å²) in [5.41, 5.74) is -5.69. The predicted octanol–water partition coefficient (Wildman–Crippen LogP) is 4.88. The number of hydrogen-bond acceptors (Lipinski definition) is 2. The highest BCUT2D eigenvalue weighted by Crippen LogP contribution is 2.25. The summed E-state index contributed by atoms with van der Waals surface area (Å²) < 4.78 is 211. The van der Waals surface area contributed by atoms with Gasteiger partial charge in [-0.05, 0) is 0 Å². The van der Waals surface area contributed by atoms with Crippen molar-refractivity contribution in [3.63, 3.8) is 0 Å². The molecule has 3 nitrogen and oxygen atoms in total. The maximum absolute atomic E-state index is 14.6. The molecule has 0 aliphatic heterocycles. The first-order valence-corrected chi connectivity index (χ1v) is 11.9. The first-order chi connectivity index (χ1) is 20.4. The van der Waals surface area contributed by atoms with Gasteiger partial charge in [0.2, 0.25) is 0 Å². The Hall–Kier alpha value is -3.71. The number of nitrogens with zero attached hydrogens (tertiary/aromatic N) is 2. The highest BCUT2D eigenvalue weighted by atomic mass is 35.5. The van der Waals surface area contributed by atoms with Crippen molar-refractivity contribution in [1.29, 1.82) is 0 Å². The zero-order valence-electron chi connectivity index (χ0n) is 20.6. The Kier molecular flexibility index (Phi) is 11.9. The van der Waals surface area contributed by atoms with Crippen molar-refractivity contribution in [2.75, 3.05) is 5.34 Å². The van der Waals surface area contributed by atoms with Crippen LogP contribution in [0.2, 0.25) is 0 Å². The molecule has 0 fully saturated rings. The van der Waals surface area contributed by atoms with E-state index >= 15 is 0 Å². The summed E-state index contributed by atoms with van der Waals surface area (Å²) in [7, 11) is 0. The molecule has 0 bridgehead atoms. The lowest BCUT2D eigenvalue weighted by Gasteiger charge is -2.35. The van der Waals surface area contributed by atoms with E-state index in [0.717, 1.165) is 0 Å². The minimum absolute atomic E-state index is 0.194. The molecule has 0 atom stereocenters. The second-order valence-corrected chi connectivity index (χ2v) is 8.80. The Bertz CT molecular complexity index is 1410. The third kappa shape index (κ3) is 6.25. The number of rotatable bonds is 3. The largest absolute Gasteiger partial charge is 0.536 e. The second-order valence-electron chi connectivity index (χ2n) is 7.99. The van der Waals surface area contributed by atoms with Gasteiger partial charge < -0.3 is 5.64 Å². The maximum atomic E-state index is 14.6. The second kappa shape index (κ2) is 14.4. The molecule has 4 rings (SSSR count). The zero-order valence-corrected chi connectivity index (χ0v) is 22.1. The van der Waals surface area contributed by atoms with Gasteiger partial charge in [0.25, 0.3) is 0 Å². The first-order valence-electron chi connectivity index (χ1n) is 10.8. The molecule has 44 heavy (non-hydrogen) atoms. The lowest BCUT2D eigenvalue weighted by Crippen LogP contribution is -2.97. The predicted molar refractivity (Wildman–Crippen MR) is 125 cm³/mol. The van der Waals surface area contributed by atoms with Gasteiger partial charge in [-0.2, -0.15) is 0 Å². The molecule has 0 aliphatic carbocycles. The molecule has 0 amide bonds. The number of quaternary nitrogens is 1. The van der Waals surface area contributed by atoms with Gasteiger partial charge in [-0.15, -0.1) is 23.2 Å². The Morgan fingerprint density at radius 1 is 0.386 bits per heavy atom. The van der Waals surface area contributed by atoms with Crippen molar-refractivity contribution in [3.8, 4) is 0 Å². The fraction of sp³-hybridized carbons (Fsp3) is 0.0435. The van der Waals surface area contributed by atoms with Gasteiger partial charge in [0.05, 0.1) is 5.34 Å². The van der Waals surface area contributed by atoms with Crippen LogP contribution in [0.3, 0.4) is 0 Å². The number of alkyl halides is 2. The molecule has 238 valence electrons. The van der Waals surface area contributed by atoms with Crippen LogP contribution in [0.5, 0.6) is 0 Å². The van der Waals surface area contributed by atoms with Gasteiger partial charge in [-0.3, -0.25) is 9.97 Å². The smallest absolute Gasteiger partial charge is 0.304 e. The Morgan fingerprint density at radius 2 is 0.523 bits per heavy atom. The SMILES string of the molecule is ClCCl.[NH3+][B-](c1c(F)c(F)c(F)c(F)c1F)(c1c(F)c(F)c(F)c(F)c1F)c1c(F)c(F)c(F)c(F)c1F.c1cnccn1. The summed E-state index contributed by atoms with van der Waals surface area (Å²) in [6, 6.07) is 0. The minimum atomic E-state index is -5.66. The van der Waals surface area contributed by atoms with Crippen molar-refractivity contribution in [2.24, 2.45) is 0 Å². The van der Waals surface area contributed by atoms with Crippen molar-refractivity contribution in [3.05, 3.63) is 112 Å². The van der Waals surface area contributed by atoms with Crippen molar-refractivity contribution in [1.82, 2.24) is 9.97 Å². The van der Waals surface area contributed by atoms with Crippen LogP contribution in [-0.2, 0) is 0 Å². The fourth-order valence-corrected chi connectivity index (χ4v) is 3.85. The Balaban J connectivity index is 0.000000648. The van der Waals surface area contributed by atoms with Crippen molar-refractivity contribution < 1.29 is 71.5 Å². The summed E-state index contributed by atoms with van der Waals surface area (Å²) in [5, 5.41) is 0.194. The van der Waals surface area contributed by atoms with Crippen LogP contribution in [0, 0.1) is 87.3 Å². The lowest BCUT2D eigenvalue weighted by atomic mass is 9.24. The lowest BCUT2D eigenvalue weighted by molar-refractivity contribution is -0.195. The molecular weight excluding hydrogens is 685 g/mol. The van der Waals surface area contributed by atoms with E-state index in [1.165, 1.54) is 0 Å². The normalized spacial score (nSPS) is 11.0. The standard InChI is InChI=1S/C18H3BF15N.C4H4N2.CH2Cl2/c20-4-1(5(21)11(27)16(32)10(4)26)19(35,2-6(22)12(28)17(33)13(29)7(2)23)3-8(24)14(30)18(34)15(31)9(3)25;1-2-6-4-3-5-1;2-1-3/h35H3;1-4H;1H2. The van der Waals surface area contributed by atoms with E-state index in [-0.39, 0.29) is 5.34 Å². The molecule has 0 saturated heterocycles. The van der Waals surface area contributed by atoms with Crippen LogP contribution in [0.4, 0.5) is 65.9 Å². The third-order valence-electron chi connectivity index (χ3n) is 5.69. The maximum Gasteiger partial charge on any atom is 0.304 e. The molecule has 4 aromatic rings. The first kappa shape index (κ1) is 36.5. The van der Waals surface area contributed by atoms with Crippen molar-refractivity contribution >= 4 is 45.9 Å². The van der Waals surface area contributed by atoms with Crippen LogP contribution in [-0.4, -0.2) is 21.6 Å². The van der Waals surface area contributed by atoms with Crippen LogP contribution >= 0.6 is 23.2 Å². The van der Waals surface area contributed by atoms with Crippen molar-refractivity contribution in [2.45, 2.75) is 0 Å². The number of hydrogen-bond donors (Lipinski definition) is 1. The third-order valence-corrected chi connectivity index (χ3v) is 5.69. The minimum Gasteiger partial charge on any atom is -0.536 e. The molecule has 3 aromatic carbocycles. The summed E-state index contributed by atoms with van der Waals surface area (Å²) in [5.74, 6) is -45.8. The van der Waals surface area contributed by atoms with Crippen LogP contribution < -0.4 is 22.0 Å². The van der Waals surface area contributed by atoms with Gasteiger partial charge in [0.15, 0.2) is 52.4 Å². The Labute approximate surface area is 245 Å². The highest BCUT2D eigenvalue weighted by molar-refractivity contribution is 7.05. The molecule has 21 heteroatoms. The zero-order chi connectivity index (χ0) is 33.8. The topological polar surface area (TPSA) is 53.4 Å². The molecule has 0 aliphatic rings. The summed E-state index contributed by atoms with van der Waals surface area (Å²) in [4.78, 5) is 7.44. The van der Waals surface area contributed by atoms with Gasteiger partial charge in [0, 0.05) is 24.8 Å². The van der Waals surface area contributed by atoms with E-state index in [9.17, 15) is 65.9 Å². The quantitative estimate of drug-likeness (QED) is 0.109. The molecule has 0 unspecified atom stereocenters. The number of halogens is 17. The molecular formula is C23H9BCl2F15N3. The van der Waals surface area contributed by atoms with E-state index in [4.69, 9.17) is 23.2 Å². The summed E-state index contributed by atoms with van der Waals surface area (Å²) in [6.45, 7) is 0. The van der Waals surface area contributed by atoms with Crippen LogP contribution in [0.15, 0.2) is 24.8 Å². The van der Waals surface area contributed by atoms with E-state index in [0.29, 0.717) is 0 Å². The van der Waals surface area contributed by atoms with E-state index < -0.39 is 110 Å². The average molecular weight is 694 g/mol. The van der Waals surface area contributed by atoms with Gasteiger partial charge in [0.1, 0.15) is 34.9 Å². The van der Waals surface area contributed by atoms with E-state index in [1.807, 2.05) is 0 Å². The monoisotopic (exact) mass is 693 g/mol. The van der Waals surface area contributed by atoms with E-state index in [2.05, 4.69) is 15.6 Å². The highest BCUT2D eigenvalue weighted by Gasteiger charge is 2.51. The van der Waals surface area contributed by atoms with E-state index in [1.54, 1.807) is 24.8 Å². The molecule has 3 N–H and O–H groups in total. The number of benzene rings is 3. The van der Waals surface area contributed by atoms with Gasteiger partial charge in [-0.25, -0.2) is 65.9 Å². The molecule has 0 saturated carbocycles. The van der Waals surface area contributed by atoms with Gasteiger partial charge in [-0.1, -0.05) is 16.4 Å². The molecule has 0 radical (unpaired) electrons. The summed E-state index contributed by atoms with van der Waals surface area (Å²) in [6.07, 6.45) is 0.893. The van der Waals surface area contributed by atoms with Crippen LogP contribution in [0.25, 0.3) is 0 Å². The van der Waals surface area contributed by atoms with Crippen LogP contribution in [0.1, 0.15) is 0 Å².